The summed E-state index contributed by atoms with van der Waals surface area (Å²) in [6.07, 6.45) is 6.42. The zero-order valence-electron chi connectivity index (χ0n) is 9.20. The van der Waals surface area contributed by atoms with Crippen LogP contribution in [-0.2, 0) is 0 Å². The van der Waals surface area contributed by atoms with E-state index < -0.39 is 0 Å². The van der Waals surface area contributed by atoms with Gasteiger partial charge in [-0.05, 0) is 18.4 Å². The van der Waals surface area contributed by atoms with Crippen LogP contribution in [0, 0.1) is 5.92 Å². The van der Waals surface area contributed by atoms with Gasteiger partial charge in [-0.15, -0.1) is 0 Å². The van der Waals surface area contributed by atoms with E-state index in [1.54, 1.807) is 0 Å². The summed E-state index contributed by atoms with van der Waals surface area (Å²) in [5.41, 5.74) is 2.66. The van der Waals surface area contributed by atoms with Crippen LogP contribution in [0.25, 0.3) is 6.08 Å². The minimum Gasteiger partial charge on any atom is -0.0708 e. The Balaban J connectivity index is 2.62. The zero-order valence-corrected chi connectivity index (χ0v) is 9.20. The number of rotatable bonds is 3. The fourth-order valence-electron chi connectivity index (χ4n) is 1.07. The summed E-state index contributed by atoms with van der Waals surface area (Å²) >= 11 is 0. The Hall–Kier alpha value is -1.30. The van der Waals surface area contributed by atoms with Gasteiger partial charge in [-0.3, -0.25) is 0 Å². The first kappa shape index (κ1) is 10.8. The van der Waals surface area contributed by atoms with Gasteiger partial charge in [0.25, 0.3) is 0 Å². The molecule has 0 N–H and O–H groups in total. The molecule has 0 heterocycles. The maximum absolute atomic E-state index is 2.21. The van der Waals surface area contributed by atoms with Gasteiger partial charge in [0, 0.05) is 0 Å². The van der Waals surface area contributed by atoms with E-state index in [4.69, 9.17) is 0 Å². The predicted octanol–water partition coefficient (Wildman–Crippen LogP) is 4.30. The highest BCUT2D eigenvalue weighted by atomic mass is 14.0. The summed E-state index contributed by atoms with van der Waals surface area (Å²) in [4.78, 5) is 0. The summed E-state index contributed by atoms with van der Waals surface area (Å²) in [5, 5.41) is 0. The maximum Gasteiger partial charge on any atom is -0.0257 e. The molecule has 0 heteroatoms. The quantitative estimate of drug-likeness (QED) is 0.617. The number of benzene rings is 1. The average Bonchev–Trinajstić information content (AvgIpc) is 2.19. The van der Waals surface area contributed by atoms with Crippen LogP contribution in [0.3, 0.4) is 0 Å². The van der Waals surface area contributed by atoms with Crippen LogP contribution in [0.1, 0.15) is 26.3 Å². The Bertz CT molecular complexity index is 315. The van der Waals surface area contributed by atoms with E-state index in [-0.39, 0.29) is 0 Å². The van der Waals surface area contributed by atoms with Crippen molar-refractivity contribution in [3.05, 3.63) is 53.6 Å². The highest BCUT2D eigenvalue weighted by molar-refractivity contribution is 5.50. The van der Waals surface area contributed by atoms with Crippen molar-refractivity contribution in [2.75, 3.05) is 0 Å². The fraction of sp³-hybridized carbons (Fsp3) is 0.286. The Morgan fingerprint density at radius 2 is 1.79 bits per heavy atom. The SMILES string of the molecule is C/C(=C\C=C\c1ccccc1)C(C)C. The second-order valence-electron chi connectivity index (χ2n) is 3.84. The Morgan fingerprint density at radius 1 is 1.14 bits per heavy atom. The number of allylic oxidation sites excluding steroid dienone is 3. The van der Waals surface area contributed by atoms with E-state index in [2.05, 4.69) is 63.3 Å². The summed E-state index contributed by atoms with van der Waals surface area (Å²) in [6.45, 7) is 6.59. The maximum atomic E-state index is 2.21. The van der Waals surface area contributed by atoms with E-state index in [1.807, 2.05) is 6.07 Å². The third-order valence-corrected chi connectivity index (χ3v) is 2.36. The average molecular weight is 186 g/mol. The minimum atomic E-state index is 0.635. The molecule has 0 saturated carbocycles. The molecule has 0 radical (unpaired) electrons. The molecule has 0 fully saturated rings. The van der Waals surface area contributed by atoms with Crippen LogP contribution in [0.5, 0.6) is 0 Å². The first-order valence-electron chi connectivity index (χ1n) is 5.10. The second kappa shape index (κ2) is 5.43. The van der Waals surface area contributed by atoms with Crippen LogP contribution in [0.2, 0.25) is 0 Å². The topological polar surface area (TPSA) is 0 Å². The van der Waals surface area contributed by atoms with Gasteiger partial charge in [-0.25, -0.2) is 0 Å². The smallest absolute Gasteiger partial charge is 0.0257 e. The second-order valence-corrected chi connectivity index (χ2v) is 3.84. The highest BCUT2D eigenvalue weighted by Crippen LogP contribution is 2.08. The van der Waals surface area contributed by atoms with Crippen molar-refractivity contribution < 1.29 is 0 Å². The van der Waals surface area contributed by atoms with Crippen molar-refractivity contribution in [1.29, 1.82) is 0 Å². The van der Waals surface area contributed by atoms with Gasteiger partial charge in [0.05, 0.1) is 0 Å². The van der Waals surface area contributed by atoms with Gasteiger partial charge in [0.15, 0.2) is 0 Å². The first-order chi connectivity index (χ1) is 6.70. The summed E-state index contributed by atoms with van der Waals surface area (Å²) in [5.74, 6) is 0.635. The van der Waals surface area contributed by atoms with Gasteiger partial charge in [0.2, 0.25) is 0 Å². The van der Waals surface area contributed by atoms with Crippen LogP contribution in [0.15, 0.2) is 48.1 Å². The zero-order chi connectivity index (χ0) is 10.4. The van der Waals surface area contributed by atoms with Crippen LogP contribution < -0.4 is 0 Å². The molecule has 0 atom stereocenters. The molecule has 0 aromatic heterocycles. The van der Waals surface area contributed by atoms with Gasteiger partial charge in [-0.1, -0.05) is 68.0 Å². The molecule has 0 spiro atoms. The van der Waals surface area contributed by atoms with E-state index >= 15 is 0 Å². The molecule has 1 aromatic rings. The van der Waals surface area contributed by atoms with E-state index in [0.29, 0.717) is 5.92 Å². The molecule has 0 nitrogen and oxygen atoms in total. The normalized spacial score (nSPS) is 12.7. The lowest BCUT2D eigenvalue weighted by Gasteiger charge is -2.01. The molecular formula is C14H18. The molecule has 0 aliphatic rings. The first-order valence-corrected chi connectivity index (χ1v) is 5.10. The Kier molecular flexibility index (Phi) is 4.18. The molecular weight excluding hydrogens is 168 g/mol. The predicted molar refractivity (Wildman–Crippen MR) is 64.1 cm³/mol. The Morgan fingerprint density at radius 3 is 2.36 bits per heavy atom. The van der Waals surface area contributed by atoms with Crippen molar-refractivity contribution in [1.82, 2.24) is 0 Å². The van der Waals surface area contributed by atoms with Crippen molar-refractivity contribution in [3.63, 3.8) is 0 Å². The van der Waals surface area contributed by atoms with Gasteiger partial charge in [-0.2, -0.15) is 0 Å². The van der Waals surface area contributed by atoms with Crippen molar-refractivity contribution in [2.24, 2.45) is 5.92 Å². The largest absolute Gasteiger partial charge is 0.0708 e. The lowest BCUT2D eigenvalue weighted by atomic mass is 10.1. The molecule has 0 aliphatic carbocycles. The molecule has 0 aliphatic heterocycles. The summed E-state index contributed by atoms with van der Waals surface area (Å²) in [6, 6.07) is 10.4. The van der Waals surface area contributed by atoms with E-state index in [1.165, 1.54) is 11.1 Å². The third-order valence-electron chi connectivity index (χ3n) is 2.36. The van der Waals surface area contributed by atoms with Crippen LogP contribution in [-0.4, -0.2) is 0 Å². The van der Waals surface area contributed by atoms with Gasteiger partial charge in [0.1, 0.15) is 0 Å². The lowest BCUT2D eigenvalue weighted by molar-refractivity contribution is 0.769. The van der Waals surface area contributed by atoms with E-state index in [0.717, 1.165) is 0 Å². The van der Waals surface area contributed by atoms with Gasteiger partial charge < -0.3 is 0 Å². The van der Waals surface area contributed by atoms with Crippen LogP contribution >= 0.6 is 0 Å². The minimum absolute atomic E-state index is 0.635. The molecule has 1 rings (SSSR count). The standard InChI is InChI=1S/C14H18/c1-12(2)13(3)8-7-11-14-9-5-4-6-10-14/h4-12H,1-3H3/b11-7+,13-8+. The number of hydrogen-bond acceptors (Lipinski definition) is 0. The third kappa shape index (κ3) is 3.61. The number of hydrogen-bond donors (Lipinski definition) is 0. The molecule has 14 heavy (non-hydrogen) atoms. The molecule has 0 saturated heterocycles. The molecule has 0 amide bonds. The molecule has 74 valence electrons. The van der Waals surface area contributed by atoms with Crippen LogP contribution in [0.4, 0.5) is 0 Å². The lowest BCUT2D eigenvalue weighted by Crippen LogP contribution is -1.86. The Labute approximate surface area is 87.0 Å². The monoisotopic (exact) mass is 186 g/mol. The summed E-state index contributed by atoms with van der Waals surface area (Å²) in [7, 11) is 0. The van der Waals surface area contributed by atoms with Crippen molar-refractivity contribution in [3.8, 4) is 0 Å². The van der Waals surface area contributed by atoms with Crippen molar-refractivity contribution >= 4 is 6.08 Å². The fourth-order valence-corrected chi connectivity index (χ4v) is 1.07. The molecule has 0 bridgehead atoms. The molecule has 0 unspecified atom stereocenters. The highest BCUT2D eigenvalue weighted by Gasteiger charge is 1.92. The van der Waals surface area contributed by atoms with Crippen molar-refractivity contribution in [2.45, 2.75) is 20.8 Å². The van der Waals surface area contributed by atoms with Gasteiger partial charge >= 0.3 is 0 Å². The molecule has 1 aromatic carbocycles. The van der Waals surface area contributed by atoms with E-state index in [9.17, 15) is 0 Å². The summed E-state index contributed by atoms with van der Waals surface area (Å²) < 4.78 is 0.